The summed E-state index contributed by atoms with van der Waals surface area (Å²) in [6, 6.07) is 19.1. The van der Waals surface area contributed by atoms with Gasteiger partial charge in [-0.15, -0.1) is 0 Å². The number of carbonyl (C=O) groups is 2. The maximum atomic E-state index is 12.4. The molecule has 3 rings (SSSR count). The van der Waals surface area contributed by atoms with Crippen LogP contribution in [0.3, 0.4) is 0 Å². The summed E-state index contributed by atoms with van der Waals surface area (Å²) < 4.78 is 15.9. The van der Waals surface area contributed by atoms with E-state index >= 15 is 0 Å². The molecule has 0 aliphatic carbocycles. The number of amides is 1. The number of methoxy groups -OCH3 is 1. The van der Waals surface area contributed by atoms with Gasteiger partial charge in [0.15, 0.2) is 6.61 Å². The van der Waals surface area contributed by atoms with Gasteiger partial charge < -0.3 is 19.5 Å². The van der Waals surface area contributed by atoms with E-state index in [0.29, 0.717) is 28.5 Å². The Morgan fingerprint density at radius 3 is 2.20 bits per heavy atom. The fourth-order valence-corrected chi connectivity index (χ4v) is 2.71. The summed E-state index contributed by atoms with van der Waals surface area (Å²) in [6.45, 7) is 3.66. The van der Waals surface area contributed by atoms with E-state index in [4.69, 9.17) is 14.2 Å². The van der Waals surface area contributed by atoms with Gasteiger partial charge in [0.1, 0.15) is 17.2 Å². The molecule has 0 bridgehead atoms. The van der Waals surface area contributed by atoms with Gasteiger partial charge in [-0.1, -0.05) is 12.1 Å². The van der Waals surface area contributed by atoms with Crippen LogP contribution >= 0.6 is 0 Å². The van der Waals surface area contributed by atoms with Crippen molar-refractivity contribution in [3.63, 3.8) is 0 Å². The Balaban J connectivity index is 1.53. The molecular weight excluding hydrogens is 382 g/mol. The summed E-state index contributed by atoms with van der Waals surface area (Å²) in [5.41, 5.74) is 3.09. The molecule has 0 aromatic heterocycles. The number of rotatable bonds is 7. The first-order chi connectivity index (χ1) is 14.4. The molecule has 0 aliphatic heterocycles. The van der Waals surface area contributed by atoms with Crippen LogP contribution in [0.4, 0.5) is 5.69 Å². The number of carbonyl (C=O) groups excluding carboxylic acids is 2. The van der Waals surface area contributed by atoms with E-state index in [-0.39, 0.29) is 12.5 Å². The Hall–Kier alpha value is -3.80. The van der Waals surface area contributed by atoms with Crippen LogP contribution in [0.5, 0.6) is 17.2 Å². The molecule has 0 spiro atoms. The minimum atomic E-state index is -0.522. The van der Waals surface area contributed by atoms with E-state index in [1.165, 1.54) is 0 Å². The van der Waals surface area contributed by atoms with Crippen LogP contribution < -0.4 is 19.5 Å². The summed E-state index contributed by atoms with van der Waals surface area (Å²) >= 11 is 0. The van der Waals surface area contributed by atoms with Crippen molar-refractivity contribution in [1.29, 1.82) is 0 Å². The van der Waals surface area contributed by atoms with Crippen molar-refractivity contribution in [3.05, 3.63) is 83.4 Å². The Bertz CT molecular complexity index is 1030. The number of anilines is 1. The number of hydrogen-bond donors (Lipinski definition) is 1. The van der Waals surface area contributed by atoms with Crippen molar-refractivity contribution in [2.45, 2.75) is 13.8 Å². The summed E-state index contributed by atoms with van der Waals surface area (Å²) in [4.78, 5) is 24.4. The van der Waals surface area contributed by atoms with Gasteiger partial charge in [0.05, 0.1) is 7.11 Å². The molecule has 0 radical (unpaired) electrons. The van der Waals surface area contributed by atoms with E-state index in [9.17, 15) is 9.59 Å². The molecule has 0 saturated carbocycles. The second-order valence-corrected chi connectivity index (χ2v) is 6.74. The van der Waals surface area contributed by atoms with Gasteiger partial charge in [-0.2, -0.15) is 0 Å². The highest BCUT2D eigenvalue weighted by atomic mass is 16.6. The minimum Gasteiger partial charge on any atom is -0.497 e. The highest BCUT2D eigenvalue weighted by molar-refractivity contribution is 6.04. The molecule has 0 saturated heterocycles. The van der Waals surface area contributed by atoms with Crippen molar-refractivity contribution in [2.75, 3.05) is 19.0 Å². The topological polar surface area (TPSA) is 73.9 Å². The molecule has 0 fully saturated rings. The zero-order chi connectivity index (χ0) is 21.5. The standard InChI is InChI=1S/C24H23NO5/c1-16-4-5-17(2)22(14-16)29-15-23(26)30-21-10-6-18(7-11-21)24(27)25-19-8-12-20(28-3)13-9-19/h4-14H,15H2,1-3H3,(H,25,27). The zero-order valence-electron chi connectivity index (χ0n) is 17.1. The molecule has 0 unspecified atom stereocenters. The van der Waals surface area contributed by atoms with Crippen LogP contribution in [0, 0.1) is 13.8 Å². The van der Waals surface area contributed by atoms with Crippen LogP contribution in [0.15, 0.2) is 66.7 Å². The van der Waals surface area contributed by atoms with Gasteiger partial charge in [0.25, 0.3) is 5.91 Å². The molecule has 6 heteroatoms. The number of hydrogen-bond acceptors (Lipinski definition) is 5. The van der Waals surface area contributed by atoms with Crippen molar-refractivity contribution in [1.82, 2.24) is 0 Å². The largest absolute Gasteiger partial charge is 0.497 e. The molecule has 3 aromatic carbocycles. The second-order valence-electron chi connectivity index (χ2n) is 6.74. The number of ether oxygens (including phenoxy) is 3. The first-order valence-electron chi connectivity index (χ1n) is 9.41. The van der Waals surface area contributed by atoms with Crippen LogP contribution in [0.25, 0.3) is 0 Å². The highest BCUT2D eigenvalue weighted by Crippen LogP contribution is 2.20. The van der Waals surface area contributed by atoms with Crippen molar-refractivity contribution >= 4 is 17.6 Å². The van der Waals surface area contributed by atoms with E-state index in [1.54, 1.807) is 55.6 Å². The lowest BCUT2D eigenvalue weighted by atomic mass is 10.1. The van der Waals surface area contributed by atoms with E-state index in [0.717, 1.165) is 11.1 Å². The summed E-state index contributed by atoms with van der Waals surface area (Å²) in [5, 5.41) is 2.80. The monoisotopic (exact) mass is 405 g/mol. The predicted octanol–water partition coefficient (Wildman–Crippen LogP) is 4.55. The van der Waals surface area contributed by atoms with E-state index < -0.39 is 5.97 Å². The van der Waals surface area contributed by atoms with Gasteiger partial charge >= 0.3 is 5.97 Å². The van der Waals surface area contributed by atoms with Crippen molar-refractivity contribution < 1.29 is 23.8 Å². The molecule has 0 atom stereocenters. The Labute approximate surface area is 175 Å². The molecule has 3 aromatic rings. The third-order valence-electron chi connectivity index (χ3n) is 4.39. The Morgan fingerprint density at radius 2 is 1.53 bits per heavy atom. The average Bonchev–Trinajstić information content (AvgIpc) is 2.75. The maximum Gasteiger partial charge on any atom is 0.349 e. The summed E-state index contributed by atoms with van der Waals surface area (Å²) in [5.74, 6) is 0.909. The van der Waals surface area contributed by atoms with E-state index in [2.05, 4.69) is 5.32 Å². The van der Waals surface area contributed by atoms with Gasteiger partial charge in [0, 0.05) is 11.3 Å². The van der Waals surface area contributed by atoms with Crippen LogP contribution in [-0.4, -0.2) is 25.6 Å². The lowest BCUT2D eigenvalue weighted by Crippen LogP contribution is -2.18. The van der Waals surface area contributed by atoms with E-state index in [1.807, 2.05) is 32.0 Å². The zero-order valence-corrected chi connectivity index (χ0v) is 17.1. The van der Waals surface area contributed by atoms with Gasteiger partial charge in [-0.3, -0.25) is 4.79 Å². The maximum absolute atomic E-state index is 12.4. The Morgan fingerprint density at radius 1 is 0.867 bits per heavy atom. The smallest absolute Gasteiger partial charge is 0.349 e. The lowest BCUT2D eigenvalue weighted by molar-refractivity contribution is -0.136. The first-order valence-corrected chi connectivity index (χ1v) is 9.41. The third-order valence-corrected chi connectivity index (χ3v) is 4.39. The lowest BCUT2D eigenvalue weighted by Gasteiger charge is -2.10. The summed E-state index contributed by atoms with van der Waals surface area (Å²) in [6.07, 6.45) is 0. The van der Waals surface area contributed by atoms with Crippen LogP contribution in [0.1, 0.15) is 21.5 Å². The molecule has 1 N–H and O–H groups in total. The Kier molecular flexibility index (Phi) is 6.70. The quantitative estimate of drug-likeness (QED) is 0.461. The van der Waals surface area contributed by atoms with Crippen molar-refractivity contribution in [2.24, 2.45) is 0 Å². The molecular formula is C24H23NO5. The molecule has 6 nitrogen and oxygen atoms in total. The van der Waals surface area contributed by atoms with Gasteiger partial charge in [-0.05, 0) is 79.6 Å². The highest BCUT2D eigenvalue weighted by Gasteiger charge is 2.10. The second kappa shape index (κ2) is 9.60. The molecule has 1 amide bonds. The van der Waals surface area contributed by atoms with Gasteiger partial charge in [0.2, 0.25) is 0 Å². The minimum absolute atomic E-state index is 0.204. The molecule has 30 heavy (non-hydrogen) atoms. The fourth-order valence-electron chi connectivity index (χ4n) is 2.71. The van der Waals surface area contributed by atoms with Crippen LogP contribution in [-0.2, 0) is 4.79 Å². The van der Waals surface area contributed by atoms with Crippen molar-refractivity contribution in [3.8, 4) is 17.2 Å². The fraction of sp³-hybridized carbons (Fsp3) is 0.167. The number of nitrogens with one attached hydrogen (secondary N) is 1. The molecule has 154 valence electrons. The molecule has 0 heterocycles. The average molecular weight is 405 g/mol. The predicted molar refractivity (Wildman–Crippen MR) is 114 cm³/mol. The SMILES string of the molecule is COc1ccc(NC(=O)c2ccc(OC(=O)COc3cc(C)ccc3C)cc2)cc1. The number of esters is 1. The van der Waals surface area contributed by atoms with Crippen LogP contribution in [0.2, 0.25) is 0 Å². The first kappa shape index (κ1) is 20.9. The molecule has 0 aliphatic rings. The van der Waals surface area contributed by atoms with Gasteiger partial charge in [-0.25, -0.2) is 4.79 Å². The normalized spacial score (nSPS) is 10.2. The third kappa shape index (κ3) is 5.61. The summed E-state index contributed by atoms with van der Waals surface area (Å²) in [7, 11) is 1.58. The number of aryl methyl sites for hydroxylation is 2. The number of benzene rings is 3.